The molecule has 2 aliphatic heterocycles. The van der Waals surface area contributed by atoms with Crippen molar-refractivity contribution in [2.45, 2.75) is 38.0 Å². The summed E-state index contributed by atoms with van der Waals surface area (Å²) in [5.41, 5.74) is 4.35. The number of hydrogen-bond donors (Lipinski definition) is 0. The monoisotopic (exact) mass is 451 g/mol. The second-order valence-electron chi connectivity index (χ2n) is 8.11. The summed E-state index contributed by atoms with van der Waals surface area (Å²) in [6, 6.07) is 12.1. The average Bonchev–Trinajstić information content (AvgIpc) is 3.49. The van der Waals surface area contributed by atoms with Crippen LogP contribution in [-0.4, -0.2) is 46.5 Å². The van der Waals surface area contributed by atoms with Crippen molar-refractivity contribution in [2.24, 2.45) is 0 Å². The lowest BCUT2D eigenvalue weighted by Gasteiger charge is -2.26. The minimum atomic E-state index is 0.0488. The third kappa shape index (κ3) is 4.19. The minimum Gasteiger partial charge on any atom is -0.486 e. The van der Waals surface area contributed by atoms with Gasteiger partial charge in [-0.25, -0.2) is 0 Å². The van der Waals surface area contributed by atoms with Gasteiger partial charge in [-0.2, -0.15) is 0 Å². The first-order valence-electron chi connectivity index (χ1n) is 10.8. The van der Waals surface area contributed by atoms with Gasteiger partial charge in [0.25, 0.3) is 5.22 Å². The van der Waals surface area contributed by atoms with Crippen molar-refractivity contribution >= 4 is 17.7 Å². The van der Waals surface area contributed by atoms with Gasteiger partial charge >= 0.3 is 0 Å². The Hall–Kier alpha value is -3.00. The van der Waals surface area contributed by atoms with Gasteiger partial charge < -0.3 is 18.8 Å². The van der Waals surface area contributed by atoms with Gasteiger partial charge in [-0.1, -0.05) is 23.9 Å². The van der Waals surface area contributed by atoms with E-state index < -0.39 is 0 Å². The molecule has 1 aromatic heterocycles. The van der Waals surface area contributed by atoms with E-state index in [1.54, 1.807) is 0 Å². The Balaban J connectivity index is 1.24. The van der Waals surface area contributed by atoms with Crippen LogP contribution in [0.4, 0.5) is 0 Å². The van der Waals surface area contributed by atoms with Crippen molar-refractivity contribution in [3.8, 4) is 23.0 Å². The van der Waals surface area contributed by atoms with E-state index in [1.165, 1.54) is 22.9 Å². The summed E-state index contributed by atoms with van der Waals surface area (Å²) in [4.78, 5) is 15.0. The van der Waals surface area contributed by atoms with Crippen molar-refractivity contribution in [3.63, 3.8) is 0 Å². The largest absolute Gasteiger partial charge is 0.486 e. The molecule has 0 saturated carbocycles. The molecule has 5 rings (SSSR count). The van der Waals surface area contributed by atoms with E-state index in [0.29, 0.717) is 24.3 Å². The van der Waals surface area contributed by atoms with E-state index in [0.717, 1.165) is 42.0 Å². The van der Waals surface area contributed by atoms with Gasteiger partial charge in [0, 0.05) is 12.1 Å². The SMILES string of the molecule is Cc1ccc(-c2nnc(SCC(=O)N3CCC[C@H]3c3ccc4c(c3)OCCO4)o2)cc1C. The van der Waals surface area contributed by atoms with Gasteiger partial charge in [0.1, 0.15) is 13.2 Å². The standard InChI is InChI=1S/C24H25N3O4S/c1-15-5-6-18(12-16(15)2)23-25-26-24(31-23)32-14-22(28)27-9-3-4-19(27)17-7-8-20-21(13-17)30-11-10-29-20/h5-8,12-13,19H,3-4,9-11,14H2,1-2H3/t19-/m0/s1. The van der Waals surface area contributed by atoms with Crippen LogP contribution in [0.25, 0.3) is 11.5 Å². The zero-order valence-electron chi connectivity index (χ0n) is 18.2. The summed E-state index contributed by atoms with van der Waals surface area (Å²) in [7, 11) is 0. The first kappa shape index (κ1) is 20.9. The van der Waals surface area contributed by atoms with E-state index in [9.17, 15) is 4.79 Å². The van der Waals surface area contributed by atoms with Crippen LogP contribution in [0.2, 0.25) is 0 Å². The summed E-state index contributed by atoms with van der Waals surface area (Å²) in [5.74, 6) is 2.32. The highest BCUT2D eigenvalue weighted by atomic mass is 32.2. The number of thioether (sulfide) groups is 1. The number of aromatic nitrogens is 2. The molecule has 1 atom stereocenters. The Kier molecular flexibility index (Phi) is 5.78. The average molecular weight is 452 g/mol. The van der Waals surface area contributed by atoms with Gasteiger partial charge in [-0.15, -0.1) is 10.2 Å². The third-order valence-corrected chi connectivity index (χ3v) is 6.81. The molecule has 0 radical (unpaired) electrons. The Morgan fingerprint density at radius 1 is 1.06 bits per heavy atom. The number of hydrogen-bond acceptors (Lipinski definition) is 7. The van der Waals surface area contributed by atoms with Gasteiger partial charge in [-0.05, 0) is 67.6 Å². The van der Waals surface area contributed by atoms with Crippen LogP contribution in [0.3, 0.4) is 0 Å². The summed E-state index contributed by atoms with van der Waals surface area (Å²) >= 11 is 1.28. The molecule has 3 aromatic rings. The van der Waals surface area contributed by atoms with Crippen molar-refractivity contribution < 1.29 is 18.7 Å². The van der Waals surface area contributed by atoms with E-state index in [1.807, 2.05) is 41.3 Å². The van der Waals surface area contributed by atoms with E-state index >= 15 is 0 Å². The Labute approximate surface area is 191 Å². The number of benzene rings is 2. The zero-order valence-corrected chi connectivity index (χ0v) is 19.0. The molecule has 1 amide bonds. The highest BCUT2D eigenvalue weighted by Crippen LogP contribution is 2.38. The molecule has 8 heteroatoms. The quantitative estimate of drug-likeness (QED) is 0.526. The number of aryl methyl sites for hydroxylation is 2. The van der Waals surface area contributed by atoms with Crippen LogP contribution in [0, 0.1) is 13.8 Å². The van der Waals surface area contributed by atoms with Crippen molar-refractivity contribution in [3.05, 3.63) is 53.1 Å². The van der Waals surface area contributed by atoms with Crippen LogP contribution >= 0.6 is 11.8 Å². The first-order chi connectivity index (χ1) is 15.6. The maximum absolute atomic E-state index is 13.0. The molecule has 166 valence electrons. The van der Waals surface area contributed by atoms with E-state index in [-0.39, 0.29) is 17.7 Å². The smallest absolute Gasteiger partial charge is 0.277 e. The second-order valence-corrected chi connectivity index (χ2v) is 9.04. The molecule has 0 unspecified atom stereocenters. The van der Waals surface area contributed by atoms with Crippen LogP contribution < -0.4 is 9.47 Å². The number of rotatable bonds is 5. The number of ether oxygens (including phenoxy) is 2. The van der Waals surface area contributed by atoms with Gasteiger partial charge in [0.15, 0.2) is 11.5 Å². The first-order valence-corrected chi connectivity index (χ1v) is 11.8. The van der Waals surface area contributed by atoms with Gasteiger partial charge in [0.05, 0.1) is 11.8 Å². The lowest BCUT2D eigenvalue weighted by molar-refractivity contribution is -0.129. The number of likely N-dealkylation sites (tertiary alicyclic amines) is 1. The van der Waals surface area contributed by atoms with Crippen LogP contribution in [-0.2, 0) is 4.79 Å². The van der Waals surface area contributed by atoms with Crippen molar-refractivity contribution in [1.82, 2.24) is 15.1 Å². The molecular weight excluding hydrogens is 426 g/mol. The highest BCUT2D eigenvalue weighted by molar-refractivity contribution is 7.99. The van der Waals surface area contributed by atoms with E-state index in [4.69, 9.17) is 13.9 Å². The Bertz CT molecular complexity index is 1150. The maximum atomic E-state index is 13.0. The number of fused-ring (bicyclic) bond motifs is 1. The number of carbonyl (C=O) groups excluding carboxylic acids is 1. The van der Waals surface area contributed by atoms with Gasteiger partial charge in [-0.3, -0.25) is 4.79 Å². The summed E-state index contributed by atoms with van der Waals surface area (Å²) < 4.78 is 17.1. The number of amides is 1. The minimum absolute atomic E-state index is 0.0488. The fraction of sp³-hybridized carbons (Fsp3) is 0.375. The molecule has 2 aliphatic rings. The normalized spacial score (nSPS) is 17.6. The fourth-order valence-corrected chi connectivity index (χ4v) is 4.79. The molecule has 7 nitrogen and oxygen atoms in total. The van der Waals surface area contributed by atoms with Crippen molar-refractivity contribution in [2.75, 3.05) is 25.5 Å². The summed E-state index contributed by atoms with van der Waals surface area (Å²) in [6.07, 6.45) is 1.92. The topological polar surface area (TPSA) is 77.7 Å². The molecule has 0 bridgehead atoms. The van der Waals surface area contributed by atoms with Crippen LogP contribution in [0.5, 0.6) is 11.5 Å². The molecule has 32 heavy (non-hydrogen) atoms. The molecule has 2 aromatic carbocycles. The molecule has 0 N–H and O–H groups in total. The lowest BCUT2D eigenvalue weighted by Crippen LogP contribution is -2.32. The maximum Gasteiger partial charge on any atom is 0.277 e. The number of nitrogens with zero attached hydrogens (tertiary/aromatic N) is 3. The molecule has 3 heterocycles. The summed E-state index contributed by atoms with van der Waals surface area (Å²) in [5, 5.41) is 8.67. The third-order valence-electron chi connectivity index (χ3n) is 6.00. The molecule has 1 fully saturated rings. The molecule has 1 saturated heterocycles. The predicted molar refractivity (Wildman–Crippen MR) is 121 cm³/mol. The second kappa shape index (κ2) is 8.86. The highest BCUT2D eigenvalue weighted by Gasteiger charge is 2.31. The van der Waals surface area contributed by atoms with Crippen molar-refractivity contribution in [1.29, 1.82) is 0 Å². The van der Waals surface area contributed by atoms with Gasteiger partial charge in [0.2, 0.25) is 11.8 Å². The van der Waals surface area contributed by atoms with Crippen LogP contribution in [0.1, 0.15) is 35.6 Å². The fourth-order valence-electron chi connectivity index (χ4n) is 4.14. The molecule has 0 aliphatic carbocycles. The van der Waals surface area contributed by atoms with Crippen LogP contribution in [0.15, 0.2) is 46.0 Å². The molecular formula is C24H25N3O4S. The predicted octanol–water partition coefficient (Wildman–Crippen LogP) is 4.58. The summed E-state index contributed by atoms with van der Waals surface area (Å²) in [6.45, 7) is 5.98. The number of carbonyl (C=O) groups is 1. The lowest BCUT2D eigenvalue weighted by atomic mass is 10.0. The zero-order chi connectivity index (χ0) is 22.1. The van der Waals surface area contributed by atoms with E-state index in [2.05, 4.69) is 24.0 Å². The Morgan fingerprint density at radius 3 is 2.75 bits per heavy atom. The Morgan fingerprint density at radius 2 is 1.91 bits per heavy atom. The molecule has 0 spiro atoms.